The predicted octanol–water partition coefficient (Wildman–Crippen LogP) is 3.11. The summed E-state index contributed by atoms with van der Waals surface area (Å²) in [5.41, 5.74) is 0. The first-order valence-corrected chi connectivity index (χ1v) is 8.34. The van der Waals surface area contributed by atoms with Crippen molar-refractivity contribution in [2.45, 2.75) is 36.3 Å². The maximum Gasteiger partial charge on any atom is 0.243 e. The molecule has 0 aliphatic carbocycles. The summed E-state index contributed by atoms with van der Waals surface area (Å²) in [6.45, 7) is 1.02. The Morgan fingerprint density at radius 3 is 3.10 bits per heavy atom. The van der Waals surface area contributed by atoms with Crippen LogP contribution in [0.3, 0.4) is 0 Å². The molecule has 6 heteroatoms. The highest BCUT2D eigenvalue weighted by Crippen LogP contribution is 2.39. The first-order valence-electron chi connectivity index (χ1n) is 7.35. The van der Waals surface area contributed by atoms with Crippen LogP contribution < -0.4 is 10.1 Å². The third-order valence-corrected chi connectivity index (χ3v) is 4.98. The zero-order chi connectivity index (χ0) is 14.1. The van der Waals surface area contributed by atoms with Gasteiger partial charge >= 0.3 is 0 Å². The molecule has 1 saturated heterocycles. The zero-order valence-corrected chi connectivity index (χ0v) is 12.4. The van der Waals surface area contributed by atoms with Crippen LogP contribution in [0.5, 0.6) is 5.75 Å². The molecule has 1 N–H and O–H groups in total. The normalized spacial score (nSPS) is 25.1. The first kappa shape index (κ1) is 13.2. The number of rotatable bonds is 2. The molecule has 0 bridgehead atoms. The van der Waals surface area contributed by atoms with E-state index in [0.717, 1.165) is 24.5 Å². The van der Waals surface area contributed by atoms with Gasteiger partial charge in [-0.2, -0.15) is 4.98 Å². The summed E-state index contributed by atoms with van der Waals surface area (Å²) in [5.74, 6) is 3.06. The molecule has 1 aromatic carbocycles. The summed E-state index contributed by atoms with van der Waals surface area (Å²) < 4.78 is 11.4. The highest BCUT2D eigenvalue weighted by atomic mass is 32.2. The minimum absolute atomic E-state index is 0.133. The molecule has 1 aromatic heterocycles. The van der Waals surface area contributed by atoms with Crippen molar-refractivity contribution in [1.82, 2.24) is 15.5 Å². The number of para-hydroxylation sites is 1. The fraction of sp³-hybridized carbons (Fsp3) is 0.467. The van der Waals surface area contributed by atoms with Gasteiger partial charge in [0.2, 0.25) is 11.7 Å². The van der Waals surface area contributed by atoms with Crippen LogP contribution in [0.15, 0.2) is 33.7 Å². The second-order valence-corrected chi connectivity index (χ2v) is 6.42. The Bertz CT molecular complexity index is 625. The number of aromatic nitrogens is 2. The number of hydrogen-bond donors (Lipinski definition) is 1. The topological polar surface area (TPSA) is 60.2 Å². The Balaban J connectivity index is 1.51. The molecule has 5 nitrogen and oxygen atoms in total. The van der Waals surface area contributed by atoms with Gasteiger partial charge in [-0.05, 0) is 31.5 Å². The van der Waals surface area contributed by atoms with Crippen molar-refractivity contribution in [3.8, 4) is 5.75 Å². The molecule has 2 aromatic rings. The van der Waals surface area contributed by atoms with E-state index in [9.17, 15) is 0 Å². The van der Waals surface area contributed by atoms with Gasteiger partial charge in [0.05, 0.1) is 6.04 Å². The van der Waals surface area contributed by atoms with Gasteiger partial charge < -0.3 is 14.6 Å². The Hall–Kier alpha value is -1.53. The van der Waals surface area contributed by atoms with E-state index >= 15 is 0 Å². The number of thioether (sulfide) groups is 1. The minimum atomic E-state index is -0.133. The summed E-state index contributed by atoms with van der Waals surface area (Å²) in [6, 6.07) is 8.26. The predicted molar refractivity (Wildman–Crippen MR) is 79.4 cm³/mol. The maximum absolute atomic E-state index is 5.99. The maximum atomic E-state index is 5.99. The summed E-state index contributed by atoms with van der Waals surface area (Å²) in [6.07, 6.45) is 3.35. The number of nitrogens with zero attached hydrogens (tertiary/aromatic N) is 2. The van der Waals surface area contributed by atoms with Gasteiger partial charge in [-0.1, -0.05) is 23.7 Å². The van der Waals surface area contributed by atoms with Gasteiger partial charge in [-0.3, -0.25) is 0 Å². The highest BCUT2D eigenvalue weighted by molar-refractivity contribution is 7.99. The Kier molecular flexibility index (Phi) is 3.57. The molecule has 4 rings (SSSR count). The lowest BCUT2D eigenvalue weighted by molar-refractivity contribution is 0.204. The number of benzene rings is 1. The molecule has 2 aliphatic heterocycles. The summed E-state index contributed by atoms with van der Waals surface area (Å²) >= 11 is 1.77. The standard InChI is InChI=1S/C15H17N3O2S/c1-2-7-13-11(6-1)19-12(9-21-13)14-17-15(20-18-14)10-5-3-4-8-16-10/h1-2,6-7,10,12,16H,3-5,8-9H2/t10-,12?/m0/s1. The number of fused-ring (bicyclic) bond motifs is 1. The Morgan fingerprint density at radius 2 is 2.19 bits per heavy atom. The van der Waals surface area contributed by atoms with Crippen molar-refractivity contribution >= 4 is 11.8 Å². The molecule has 3 heterocycles. The third-order valence-electron chi connectivity index (χ3n) is 3.86. The van der Waals surface area contributed by atoms with Crippen LogP contribution in [0.4, 0.5) is 0 Å². The van der Waals surface area contributed by atoms with Crippen molar-refractivity contribution in [1.29, 1.82) is 0 Å². The quantitative estimate of drug-likeness (QED) is 0.920. The number of hydrogen-bond acceptors (Lipinski definition) is 6. The molecule has 0 spiro atoms. The molecule has 1 fully saturated rings. The Labute approximate surface area is 127 Å². The summed E-state index contributed by atoms with van der Waals surface area (Å²) in [7, 11) is 0. The van der Waals surface area contributed by atoms with Gasteiger partial charge in [0, 0.05) is 10.6 Å². The monoisotopic (exact) mass is 303 g/mol. The third kappa shape index (κ3) is 2.65. The molecule has 110 valence electrons. The number of piperidine rings is 1. The first-order chi connectivity index (χ1) is 10.4. The lowest BCUT2D eigenvalue weighted by atomic mass is 10.1. The second-order valence-electron chi connectivity index (χ2n) is 5.36. The van der Waals surface area contributed by atoms with E-state index in [1.807, 2.05) is 18.2 Å². The molecule has 2 aliphatic rings. The van der Waals surface area contributed by atoms with Crippen LogP contribution in [0.1, 0.15) is 43.1 Å². The molecule has 0 radical (unpaired) electrons. The van der Waals surface area contributed by atoms with Gasteiger partial charge in [-0.15, -0.1) is 11.8 Å². The number of nitrogens with one attached hydrogen (secondary N) is 1. The Morgan fingerprint density at radius 1 is 1.24 bits per heavy atom. The fourth-order valence-corrected chi connectivity index (χ4v) is 3.71. The zero-order valence-electron chi connectivity index (χ0n) is 11.6. The van der Waals surface area contributed by atoms with Crippen LogP contribution in [-0.2, 0) is 0 Å². The van der Waals surface area contributed by atoms with Gasteiger partial charge in [0.15, 0.2) is 6.10 Å². The van der Waals surface area contributed by atoms with Crippen molar-refractivity contribution < 1.29 is 9.26 Å². The van der Waals surface area contributed by atoms with Crippen LogP contribution in [-0.4, -0.2) is 22.4 Å². The fourth-order valence-electron chi connectivity index (χ4n) is 2.73. The molecule has 0 amide bonds. The van der Waals surface area contributed by atoms with Gasteiger partial charge in [0.25, 0.3) is 0 Å². The molecular formula is C15H17N3O2S. The molecule has 1 unspecified atom stereocenters. The molecule has 0 saturated carbocycles. The average molecular weight is 303 g/mol. The van der Waals surface area contributed by atoms with Gasteiger partial charge in [-0.25, -0.2) is 0 Å². The van der Waals surface area contributed by atoms with Crippen molar-refractivity contribution in [3.63, 3.8) is 0 Å². The van der Waals surface area contributed by atoms with Crippen LogP contribution in [0, 0.1) is 0 Å². The van der Waals surface area contributed by atoms with E-state index in [2.05, 4.69) is 21.5 Å². The van der Waals surface area contributed by atoms with Crippen LogP contribution in [0.25, 0.3) is 0 Å². The molecular weight excluding hydrogens is 286 g/mol. The second kappa shape index (κ2) is 5.69. The smallest absolute Gasteiger partial charge is 0.243 e. The van der Waals surface area contributed by atoms with Crippen LogP contribution >= 0.6 is 11.8 Å². The van der Waals surface area contributed by atoms with Crippen molar-refractivity contribution in [2.24, 2.45) is 0 Å². The SMILES string of the molecule is c1ccc2c(c1)OC(c1noc([C@@H]3CCCCN3)n1)CS2. The number of ether oxygens (including phenoxy) is 1. The summed E-state index contributed by atoms with van der Waals surface area (Å²) in [5, 5.41) is 7.55. The highest BCUT2D eigenvalue weighted by Gasteiger charge is 2.28. The van der Waals surface area contributed by atoms with Crippen LogP contribution in [0.2, 0.25) is 0 Å². The van der Waals surface area contributed by atoms with E-state index in [-0.39, 0.29) is 12.1 Å². The van der Waals surface area contributed by atoms with E-state index in [1.54, 1.807) is 11.8 Å². The van der Waals surface area contributed by atoms with E-state index in [0.29, 0.717) is 11.7 Å². The molecule has 21 heavy (non-hydrogen) atoms. The largest absolute Gasteiger partial charge is 0.480 e. The van der Waals surface area contributed by atoms with Crippen molar-refractivity contribution in [2.75, 3.05) is 12.3 Å². The molecule has 2 atom stereocenters. The lowest BCUT2D eigenvalue weighted by Crippen LogP contribution is -2.27. The minimum Gasteiger partial charge on any atom is -0.480 e. The van der Waals surface area contributed by atoms with Crippen molar-refractivity contribution in [3.05, 3.63) is 36.0 Å². The van der Waals surface area contributed by atoms with E-state index in [1.165, 1.54) is 17.7 Å². The van der Waals surface area contributed by atoms with Gasteiger partial charge in [0.1, 0.15) is 5.75 Å². The van der Waals surface area contributed by atoms with E-state index in [4.69, 9.17) is 9.26 Å². The average Bonchev–Trinajstić information content (AvgIpc) is 3.05. The summed E-state index contributed by atoms with van der Waals surface area (Å²) in [4.78, 5) is 5.72. The van der Waals surface area contributed by atoms with E-state index < -0.39 is 0 Å². The lowest BCUT2D eigenvalue weighted by Gasteiger charge is -2.23.